The van der Waals surface area contributed by atoms with Crippen molar-refractivity contribution in [1.29, 1.82) is 0 Å². The van der Waals surface area contributed by atoms with Crippen molar-refractivity contribution in [3.8, 4) is 11.4 Å². The van der Waals surface area contributed by atoms with Crippen molar-refractivity contribution < 1.29 is 18.1 Å². The largest absolute Gasteiger partial charge is 0.334 e. The maximum atomic E-state index is 14.0. The zero-order chi connectivity index (χ0) is 23.8. The zero-order valence-electron chi connectivity index (χ0n) is 17.8. The number of nitrogens with one attached hydrogen (secondary N) is 1. The van der Waals surface area contributed by atoms with Crippen LogP contribution in [0, 0.1) is 11.6 Å². The third-order valence-electron chi connectivity index (χ3n) is 5.49. The van der Waals surface area contributed by atoms with Crippen molar-refractivity contribution >= 4 is 28.9 Å². The van der Waals surface area contributed by atoms with Gasteiger partial charge < -0.3 is 9.84 Å². The third kappa shape index (κ3) is 4.04. The van der Waals surface area contributed by atoms with E-state index in [1.165, 1.54) is 35.2 Å². The van der Waals surface area contributed by atoms with Gasteiger partial charge in [-0.1, -0.05) is 35.0 Å². The van der Waals surface area contributed by atoms with E-state index in [-0.39, 0.29) is 5.89 Å². The highest BCUT2D eigenvalue weighted by molar-refractivity contribution is 6.30. The first-order valence-corrected chi connectivity index (χ1v) is 10.7. The predicted molar refractivity (Wildman–Crippen MR) is 124 cm³/mol. The number of hydrogen-bond donors (Lipinski definition) is 1. The van der Waals surface area contributed by atoms with Gasteiger partial charge in [-0.3, -0.25) is 4.90 Å². The molecule has 1 N–H and O–H groups in total. The van der Waals surface area contributed by atoms with Gasteiger partial charge in [0.2, 0.25) is 5.82 Å². The second-order valence-corrected chi connectivity index (χ2v) is 8.12. The number of carbonyl (C=O) groups excluding carboxylic acids is 1. The van der Waals surface area contributed by atoms with Gasteiger partial charge in [0, 0.05) is 16.3 Å². The highest BCUT2D eigenvalue weighted by atomic mass is 35.5. The molecule has 2 amide bonds. The summed E-state index contributed by atoms with van der Waals surface area (Å²) in [5.41, 5.74) is 2.40. The molecule has 34 heavy (non-hydrogen) atoms. The number of hydrogen-bond acceptors (Lipinski definition) is 4. The van der Waals surface area contributed by atoms with Gasteiger partial charge in [-0.25, -0.2) is 13.6 Å². The number of anilines is 1. The van der Waals surface area contributed by atoms with Gasteiger partial charge in [-0.2, -0.15) is 4.98 Å². The highest BCUT2D eigenvalue weighted by Crippen LogP contribution is 2.39. The maximum absolute atomic E-state index is 14.0. The van der Waals surface area contributed by atoms with Crippen LogP contribution in [0.5, 0.6) is 0 Å². The van der Waals surface area contributed by atoms with Crippen LogP contribution in [0.3, 0.4) is 0 Å². The molecule has 0 bridgehead atoms. The van der Waals surface area contributed by atoms with Crippen LogP contribution in [0.4, 0.5) is 19.3 Å². The van der Waals surface area contributed by atoms with Crippen molar-refractivity contribution in [2.45, 2.75) is 13.0 Å². The molecule has 1 aliphatic rings. The van der Waals surface area contributed by atoms with Crippen molar-refractivity contribution in [2.75, 3.05) is 4.90 Å². The summed E-state index contributed by atoms with van der Waals surface area (Å²) in [5, 5.41) is 7.50. The molecule has 0 radical (unpaired) electrons. The normalized spacial score (nSPS) is 16.1. The van der Waals surface area contributed by atoms with Crippen LogP contribution in [-0.4, -0.2) is 16.2 Å². The summed E-state index contributed by atoms with van der Waals surface area (Å²) >= 11 is 5.97. The second-order valence-electron chi connectivity index (χ2n) is 7.68. The van der Waals surface area contributed by atoms with E-state index in [0.717, 1.165) is 0 Å². The summed E-state index contributed by atoms with van der Waals surface area (Å²) < 4.78 is 33.6. The lowest BCUT2D eigenvalue weighted by atomic mass is 9.94. The lowest BCUT2D eigenvalue weighted by molar-refractivity contribution is 0.244. The van der Waals surface area contributed by atoms with E-state index in [1.54, 1.807) is 49.4 Å². The lowest BCUT2D eigenvalue weighted by Crippen LogP contribution is -2.46. The van der Waals surface area contributed by atoms with Gasteiger partial charge in [0.05, 0.1) is 17.3 Å². The molecule has 9 heteroatoms. The predicted octanol–water partition coefficient (Wildman–Crippen LogP) is 6.37. The van der Waals surface area contributed by atoms with Crippen LogP contribution in [0.2, 0.25) is 5.02 Å². The maximum Gasteiger partial charge on any atom is 0.327 e. The molecule has 0 fully saturated rings. The number of amides is 2. The smallest absolute Gasteiger partial charge is 0.327 e. The van der Waals surface area contributed by atoms with E-state index in [1.807, 2.05) is 0 Å². The molecule has 2 heterocycles. The average Bonchev–Trinajstić information content (AvgIpc) is 3.29. The standard InChI is InChI=1S/C25H17ClF2N4O2/c1-14-21(24-30-23(31-34-24)15-8-10-17(26)11-9-15)22(16-4-2-5-18(27)12-16)29-25(33)32(14)20-7-3-6-19(28)13-20/h2-13,22H,1H3,(H,29,33). The third-order valence-corrected chi connectivity index (χ3v) is 5.74. The van der Waals surface area contributed by atoms with E-state index >= 15 is 0 Å². The van der Waals surface area contributed by atoms with Crippen LogP contribution in [0.1, 0.15) is 24.4 Å². The van der Waals surface area contributed by atoms with Gasteiger partial charge in [0.25, 0.3) is 5.89 Å². The number of urea groups is 1. The number of allylic oxidation sites excluding steroid dienone is 1. The Morgan fingerprint density at radius 1 is 1.00 bits per heavy atom. The molecule has 1 unspecified atom stereocenters. The molecule has 1 aliphatic heterocycles. The summed E-state index contributed by atoms with van der Waals surface area (Å²) in [7, 11) is 0. The topological polar surface area (TPSA) is 71.3 Å². The van der Waals surface area contributed by atoms with Crippen molar-refractivity contribution in [3.63, 3.8) is 0 Å². The monoisotopic (exact) mass is 478 g/mol. The minimum Gasteiger partial charge on any atom is -0.334 e. The molecule has 1 aromatic heterocycles. The fourth-order valence-electron chi connectivity index (χ4n) is 3.93. The molecule has 5 rings (SSSR count). The van der Waals surface area contributed by atoms with Crippen LogP contribution in [-0.2, 0) is 0 Å². The molecular weight excluding hydrogens is 462 g/mol. The van der Waals surface area contributed by atoms with Crippen LogP contribution in [0.25, 0.3) is 17.0 Å². The highest BCUT2D eigenvalue weighted by Gasteiger charge is 2.36. The second kappa shape index (κ2) is 8.72. The molecule has 170 valence electrons. The average molecular weight is 479 g/mol. The fourth-order valence-corrected chi connectivity index (χ4v) is 4.06. The minimum atomic E-state index is -0.772. The van der Waals surface area contributed by atoms with Gasteiger partial charge in [-0.05, 0) is 67.1 Å². The Morgan fingerprint density at radius 3 is 2.41 bits per heavy atom. The molecule has 4 aromatic rings. The van der Waals surface area contributed by atoms with Gasteiger partial charge >= 0.3 is 6.03 Å². The number of nitrogens with zero attached hydrogens (tertiary/aromatic N) is 3. The van der Waals surface area contributed by atoms with E-state index in [4.69, 9.17) is 16.1 Å². The van der Waals surface area contributed by atoms with E-state index < -0.39 is 23.7 Å². The fraction of sp³-hybridized carbons (Fsp3) is 0.0800. The summed E-state index contributed by atoms with van der Waals surface area (Å²) in [5.74, 6) is -0.490. The number of benzene rings is 3. The van der Waals surface area contributed by atoms with Crippen LogP contribution < -0.4 is 10.2 Å². The van der Waals surface area contributed by atoms with Crippen molar-refractivity contribution in [1.82, 2.24) is 15.5 Å². The number of rotatable bonds is 4. The SMILES string of the molecule is CC1=C(c2nc(-c3ccc(Cl)cc3)no2)C(c2cccc(F)c2)NC(=O)N1c1cccc(F)c1. The van der Waals surface area contributed by atoms with Gasteiger partial charge in [-0.15, -0.1) is 0 Å². The first-order chi connectivity index (χ1) is 16.4. The van der Waals surface area contributed by atoms with Gasteiger partial charge in [0.15, 0.2) is 0 Å². The Labute approximate surface area is 198 Å². The molecular formula is C25H17ClF2N4O2. The van der Waals surface area contributed by atoms with Crippen LogP contribution in [0.15, 0.2) is 83.0 Å². The molecule has 6 nitrogen and oxygen atoms in total. The Kier molecular flexibility index (Phi) is 5.59. The molecule has 1 atom stereocenters. The van der Waals surface area contributed by atoms with E-state index in [9.17, 15) is 13.6 Å². The van der Waals surface area contributed by atoms with Crippen molar-refractivity contribution in [2.24, 2.45) is 0 Å². The molecule has 3 aromatic carbocycles. The minimum absolute atomic E-state index is 0.137. The first-order valence-electron chi connectivity index (χ1n) is 10.3. The van der Waals surface area contributed by atoms with Crippen LogP contribution >= 0.6 is 11.6 Å². The Hall–Kier alpha value is -4.04. The molecule has 0 aliphatic carbocycles. The Morgan fingerprint density at radius 2 is 1.71 bits per heavy atom. The lowest BCUT2D eigenvalue weighted by Gasteiger charge is -2.35. The summed E-state index contributed by atoms with van der Waals surface area (Å²) in [4.78, 5) is 19.0. The first kappa shape index (κ1) is 21.8. The number of carbonyl (C=O) groups is 1. The number of halogens is 3. The van der Waals surface area contributed by atoms with Gasteiger partial charge in [0.1, 0.15) is 11.6 Å². The Balaban J connectivity index is 1.66. The van der Waals surface area contributed by atoms with E-state index in [0.29, 0.717) is 38.9 Å². The Bertz CT molecular complexity index is 1420. The van der Waals surface area contributed by atoms with Crippen molar-refractivity contribution in [3.05, 3.63) is 107 Å². The quantitative estimate of drug-likeness (QED) is 0.370. The zero-order valence-corrected chi connectivity index (χ0v) is 18.6. The number of aromatic nitrogens is 2. The molecule has 0 saturated carbocycles. The summed E-state index contributed by atoms with van der Waals surface area (Å²) in [6, 6.07) is 17.2. The summed E-state index contributed by atoms with van der Waals surface area (Å²) in [6.45, 7) is 1.69. The molecule has 0 spiro atoms. The molecule has 0 saturated heterocycles. The summed E-state index contributed by atoms with van der Waals surface area (Å²) in [6.07, 6.45) is 0. The van der Waals surface area contributed by atoms with E-state index in [2.05, 4.69) is 15.5 Å².